The molecule has 20 heavy (non-hydrogen) atoms. The monoisotopic (exact) mass is 340 g/mol. The number of piperazine rings is 1. The molecule has 3 nitrogen and oxygen atoms in total. The van der Waals surface area contributed by atoms with Crippen molar-refractivity contribution in [1.82, 2.24) is 9.80 Å². The Morgan fingerprint density at radius 3 is 2.55 bits per heavy atom. The molecule has 5 heteroatoms. The molecule has 0 atom stereocenters. The lowest BCUT2D eigenvalue weighted by Crippen LogP contribution is -2.49. The number of hydrogen-bond acceptors (Lipinski definition) is 2. The predicted octanol–water partition coefficient (Wildman–Crippen LogP) is 2.76. The number of nitrogens with zero attached hydrogens (tertiary/aromatic N) is 2. The third kappa shape index (κ3) is 3.20. The van der Waals surface area contributed by atoms with E-state index in [1.807, 2.05) is 4.90 Å². The summed E-state index contributed by atoms with van der Waals surface area (Å²) in [5.74, 6) is 0.434. The van der Waals surface area contributed by atoms with Crippen LogP contribution in [0.2, 0.25) is 0 Å². The van der Waals surface area contributed by atoms with E-state index in [9.17, 15) is 9.18 Å². The number of carbonyl (C=O) groups is 1. The molecule has 0 N–H and O–H groups in total. The van der Waals surface area contributed by atoms with Crippen LogP contribution in [0.3, 0.4) is 0 Å². The Hall–Kier alpha value is -0.940. The highest BCUT2D eigenvalue weighted by Gasteiger charge is 2.28. The summed E-state index contributed by atoms with van der Waals surface area (Å²) in [5, 5.41) is 0. The minimum atomic E-state index is -0.386. The molecule has 2 fully saturated rings. The van der Waals surface area contributed by atoms with Gasteiger partial charge < -0.3 is 4.90 Å². The van der Waals surface area contributed by atoms with E-state index in [-0.39, 0.29) is 11.7 Å². The van der Waals surface area contributed by atoms with E-state index < -0.39 is 0 Å². The highest BCUT2D eigenvalue weighted by molar-refractivity contribution is 9.10. The molecule has 2 aliphatic rings. The Bertz CT molecular complexity index is 511. The summed E-state index contributed by atoms with van der Waals surface area (Å²) < 4.78 is 13.9. The molecule has 1 saturated heterocycles. The van der Waals surface area contributed by atoms with Gasteiger partial charge in [-0.25, -0.2) is 4.39 Å². The van der Waals surface area contributed by atoms with Crippen LogP contribution in [0.1, 0.15) is 23.2 Å². The van der Waals surface area contributed by atoms with Crippen molar-refractivity contribution in [2.75, 3.05) is 32.7 Å². The molecule has 1 aromatic rings. The van der Waals surface area contributed by atoms with E-state index in [0.29, 0.717) is 10.0 Å². The molecule has 0 unspecified atom stereocenters. The Morgan fingerprint density at radius 1 is 1.25 bits per heavy atom. The normalized spacial score (nSPS) is 20.2. The molecule has 1 heterocycles. The first-order chi connectivity index (χ1) is 9.63. The van der Waals surface area contributed by atoms with Crippen molar-refractivity contribution in [1.29, 1.82) is 0 Å². The molecule has 0 aromatic heterocycles. The average Bonchev–Trinajstić information content (AvgIpc) is 3.26. The molecule has 1 saturated carbocycles. The number of hydrogen-bond donors (Lipinski definition) is 0. The minimum Gasteiger partial charge on any atom is -0.336 e. The van der Waals surface area contributed by atoms with Crippen molar-refractivity contribution >= 4 is 21.8 Å². The lowest BCUT2D eigenvalue weighted by atomic mass is 10.1. The van der Waals surface area contributed by atoms with Crippen LogP contribution in [0.5, 0.6) is 0 Å². The fraction of sp³-hybridized carbons (Fsp3) is 0.533. The standard InChI is InChI=1S/C15H18BrFN2O/c16-13-4-3-12(9-14(13)17)15(20)19-7-5-18(6-8-19)10-11-1-2-11/h3-4,9,11H,1-2,5-8,10H2. The van der Waals surface area contributed by atoms with E-state index in [4.69, 9.17) is 0 Å². The molecule has 1 amide bonds. The van der Waals surface area contributed by atoms with Crippen molar-refractivity contribution in [2.45, 2.75) is 12.8 Å². The highest BCUT2D eigenvalue weighted by Crippen LogP contribution is 2.30. The first-order valence-electron chi connectivity index (χ1n) is 7.10. The molecule has 3 rings (SSSR count). The van der Waals surface area contributed by atoms with E-state index in [1.165, 1.54) is 25.5 Å². The van der Waals surface area contributed by atoms with Crippen LogP contribution in [0.25, 0.3) is 0 Å². The zero-order valence-electron chi connectivity index (χ0n) is 11.3. The van der Waals surface area contributed by atoms with Gasteiger partial charge in [0.2, 0.25) is 0 Å². The maximum absolute atomic E-state index is 13.5. The van der Waals surface area contributed by atoms with Gasteiger partial charge in [0.15, 0.2) is 0 Å². The van der Waals surface area contributed by atoms with Gasteiger partial charge in [-0.1, -0.05) is 0 Å². The average molecular weight is 341 g/mol. The van der Waals surface area contributed by atoms with Gasteiger partial charge in [-0.05, 0) is 52.9 Å². The van der Waals surface area contributed by atoms with Gasteiger partial charge in [0.05, 0.1) is 4.47 Å². The molecular weight excluding hydrogens is 323 g/mol. The summed E-state index contributed by atoms with van der Waals surface area (Å²) in [6.07, 6.45) is 2.72. The Balaban J connectivity index is 1.58. The van der Waals surface area contributed by atoms with Crippen molar-refractivity contribution in [3.63, 3.8) is 0 Å². The zero-order chi connectivity index (χ0) is 14.1. The van der Waals surface area contributed by atoms with Crippen molar-refractivity contribution < 1.29 is 9.18 Å². The summed E-state index contributed by atoms with van der Waals surface area (Å²) in [6, 6.07) is 4.57. The highest BCUT2D eigenvalue weighted by atomic mass is 79.9. The Kier molecular flexibility index (Phi) is 4.08. The van der Waals surface area contributed by atoms with Gasteiger partial charge in [0, 0.05) is 38.3 Å². The van der Waals surface area contributed by atoms with E-state index in [1.54, 1.807) is 12.1 Å². The second kappa shape index (κ2) is 5.82. The van der Waals surface area contributed by atoms with E-state index in [2.05, 4.69) is 20.8 Å². The SMILES string of the molecule is O=C(c1ccc(Br)c(F)c1)N1CCN(CC2CC2)CC1. The van der Waals surface area contributed by atoms with Gasteiger partial charge >= 0.3 is 0 Å². The van der Waals surface area contributed by atoms with Crippen LogP contribution in [0.15, 0.2) is 22.7 Å². The number of benzene rings is 1. The topological polar surface area (TPSA) is 23.6 Å². The number of halogens is 2. The molecular formula is C15H18BrFN2O. The fourth-order valence-corrected chi connectivity index (χ4v) is 2.86. The lowest BCUT2D eigenvalue weighted by Gasteiger charge is -2.34. The van der Waals surface area contributed by atoms with Crippen LogP contribution in [-0.2, 0) is 0 Å². The van der Waals surface area contributed by atoms with E-state index >= 15 is 0 Å². The molecule has 108 valence electrons. The first-order valence-corrected chi connectivity index (χ1v) is 7.89. The second-order valence-corrected chi connectivity index (χ2v) is 6.52. The number of amides is 1. The Morgan fingerprint density at radius 2 is 1.95 bits per heavy atom. The second-order valence-electron chi connectivity index (χ2n) is 5.67. The number of rotatable bonds is 3. The van der Waals surface area contributed by atoms with Crippen LogP contribution >= 0.6 is 15.9 Å². The first kappa shape index (κ1) is 14.0. The molecule has 0 radical (unpaired) electrons. The summed E-state index contributed by atoms with van der Waals surface area (Å²) >= 11 is 3.10. The smallest absolute Gasteiger partial charge is 0.254 e. The van der Waals surface area contributed by atoms with Crippen LogP contribution in [-0.4, -0.2) is 48.4 Å². The van der Waals surface area contributed by atoms with Crippen LogP contribution in [0, 0.1) is 11.7 Å². The zero-order valence-corrected chi connectivity index (χ0v) is 12.9. The summed E-state index contributed by atoms with van der Waals surface area (Å²) in [4.78, 5) is 16.6. The number of carbonyl (C=O) groups excluding carboxylic acids is 1. The summed E-state index contributed by atoms with van der Waals surface area (Å²) in [6.45, 7) is 4.52. The van der Waals surface area contributed by atoms with Gasteiger partial charge in [0.25, 0.3) is 5.91 Å². The molecule has 1 aliphatic heterocycles. The third-order valence-electron chi connectivity index (χ3n) is 4.04. The maximum Gasteiger partial charge on any atom is 0.254 e. The third-order valence-corrected chi connectivity index (χ3v) is 4.68. The largest absolute Gasteiger partial charge is 0.336 e. The van der Waals surface area contributed by atoms with Crippen molar-refractivity contribution in [2.24, 2.45) is 5.92 Å². The van der Waals surface area contributed by atoms with Gasteiger partial charge in [-0.3, -0.25) is 9.69 Å². The van der Waals surface area contributed by atoms with Crippen molar-refractivity contribution in [3.8, 4) is 0 Å². The fourth-order valence-electron chi connectivity index (χ4n) is 2.61. The van der Waals surface area contributed by atoms with Crippen LogP contribution in [0.4, 0.5) is 4.39 Å². The maximum atomic E-state index is 13.5. The van der Waals surface area contributed by atoms with Gasteiger partial charge in [-0.15, -0.1) is 0 Å². The van der Waals surface area contributed by atoms with E-state index in [0.717, 1.165) is 32.1 Å². The van der Waals surface area contributed by atoms with Crippen LogP contribution < -0.4 is 0 Å². The van der Waals surface area contributed by atoms with Gasteiger partial charge in [-0.2, -0.15) is 0 Å². The predicted molar refractivity (Wildman–Crippen MR) is 79.2 cm³/mol. The minimum absolute atomic E-state index is 0.0672. The quantitative estimate of drug-likeness (QED) is 0.844. The molecule has 0 spiro atoms. The summed E-state index contributed by atoms with van der Waals surface area (Å²) in [7, 11) is 0. The Labute approximate surface area is 126 Å². The van der Waals surface area contributed by atoms with Gasteiger partial charge in [0.1, 0.15) is 5.82 Å². The molecule has 1 aromatic carbocycles. The van der Waals surface area contributed by atoms with Crippen molar-refractivity contribution in [3.05, 3.63) is 34.1 Å². The molecule has 1 aliphatic carbocycles. The lowest BCUT2D eigenvalue weighted by molar-refractivity contribution is 0.0631. The summed E-state index contributed by atoms with van der Waals surface area (Å²) in [5.41, 5.74) is 0.432. The molecule has 0 bridgehead atoms.